The molecular weight excluding hydrogens is 2510 g/mol. The number of hydrogen-bond donors (Lipinski definition) is 0. The SMILES string of the molecule is Cc1cccc(C)c1-c1cnc2c3[c-]cccc3c3cc(CC(C)(C)C)ccc3n12.Fc1c[c-]c(-c2ccccn2)c(F)c1.O=c1oc2ccc[c-]c2c2ncccc12.O=c1oc2ccc[c-]c2c2ncccc12.O=c1oc2ccc[c-]c2c2ncccc12.[Ir].[Ir].[Ir].[Ir].[Ir].[c-]1ccccc1-c1ccccn1.[c-]1ccccc1-c1ccccn1.c1ccc(-c2nnn[n-]2)nc1. The zero-order chi connectivity index (χ0) is 85.7. The van der Waals surface area contributed by atoms with Crippen molar-refractivity contribution in [3.8, 4) is 56.5 Å². The predicted octanol–water partition coefficient (Wildman–Crippen LogP) is 21.5. The number of hydrogen-bond acceptors (Lipinski definition) is 17. The number of tetrazole rings is 1. The monoisotopic (exact) mass is 2590 g/mol. The fourth-order valence-electron chi connectivity index (χ4n) is 13.6. The summed E-state index contributed by atoms with van der Waals surface area (Å²) in [5, 5.41) is 21.3. The number of aromatic nitrogens is 13. The first-order valence-corrected chi connectivity index (χ1v) is 39.1. The summed E-state index contributed by atoms with van der Waals surface area (Å²) in [7, 11) is 0. The van der Waals surface area contributed by atoms with Crippen LogP contribution in [-0.2, 0) is 107 Å². The van der Waals surface area contributed by atoms with Gasteiger partial charge in [0.25, 0.3) is 0 Å². The molecule has 0 saturated carbocycles. The van der Waals surface area contributed by atoms with Crippen LogP contribution in [0.5, 0.6) is 0 Å². The van der Waals surface area contributed by atoms with Crippen molar-refractivity contribution in [2.24, 2.45) is 5.41 Å². The van der Waals surface area contributed by atoms with E-state index in [1.54, 1.807) is 159 Å². The van der Waals surface area contributed by atoms with E-state index >= 15 is 0 Å². The summed E-state index contributed by atoms with van der Waals surface area (Å²) in [5.74, 6) is -0.823. The van der Waals surface area contributed by atoms with Crippen LogP contribution in [0.25, 0.3) is 149 Å². The minimum Gasteiger partial charge on any atom is -0.472 e. The first kappa shape index (κ1) is 98.0. The van der Waals surface area contributed by atoms with E-state index < -0.39 is 11.6 Å². The van der Waals surface area contributed by atoms with Gasteiger partial charge in [0.1, 0.15) is 0 Å². The molecule has 22 rings (SSSR count). The molecule has 0 spiro atoms. The number of pyridine rings is 8. The van der Waals surface area contributed by atoms with Gasteiger partial charge in [0.05, 0.1) is 22.9 Å². The van der Waals surface area contributed by atoms with Gasteiger partial charge in [-0.2, -0.15) is 5.21 Å². The van der Waals surface area contributed by atoms with Crippen molar-refractivity contribution in [3.05, 3.63) is 431 Å². The Bertz CT molecular complexity index is 7140. The average Bonchev–Trinajstić information content (AvgIpc) is 1.62. The molecule has 0 fully saturated rings. The van der Waals surface area contributed by atoms with Crippen LogP contribution in [0.2, 0.25) is 0 Å². The molecule has 0 unspecified atom stereocenters. The second kappa shape index (κ2) is 47.0. The van der Waals surface area contributed by atoms with Gasteiger partial charge in [-0.1, -0.05) is 145 Å². The fraction of sp³-hybridized carbons (Fsp3) is 0.0680. The molecule has 651 valence electrons. The van der Waals surface area contributed by atoms with Crippen LogP contribution in [0.4, 0.5) is 8.78 Å². The van der Waals surface area contributed by atoms with Crippen LogP contribution >= 0.6 is 0 Å². The summed E-state index contributed by atoms with van der Waals surface area (Å²) in [4.78, 5) is 68.5. The minimum absolute atomic E-state index is 0. The van der Waals surface area contributed by atoms with Gasteiger partial charge in [0.2, 0.25) is 0 Å². The van der Waals surface area contributed by atoms with Crippen LogP contribution in [0.3, 0.4) is 0 Å². The van der Waals surface area contributed by atoms with E-state index in [2.05, 4.69) is 186 Å². The largest absolute Gasteiger partial charge is 0.472 e. The third-order valence-corrected chi connectivity index (χ3v) is 19.1. The van der Waals surface area contributed by atoms with Gasteiger partial charge in [-0.25, -0.2) is 14.4 Å². The number of halogens is 2. The van der Waals surface area contributed by atoms with Gasteiger partial charge < -0.3 is 52.7 Å². The minimum atomic E-state index is -0.649. The molecule has 19 nitrogen and oxygen atoms in total. The van der Waals surface area contributed by atoms with Crippen molar-refractivity contribution in [2.45, 2.75) is 41.0 Å². The van der Waals surface area contributed by atoms with Crippen LogP contribution in [0.15, 0.2) is 356 Å². The standard InChI is InChI=1S/C28H27N2.3C12H6NO2.C11H6F2N.2C11H8N.C6H4N5.5Ir/c1-18-9-8-10-19(2)26(18)25-17-29-27-22-12-7-6-11-21(22)23-15-20(16-28(3,4)5)13-14-24(23)30(25)27;3*14-12-9-5-3-7-13-11(9)8-4-1-2-6-10(8)15-12;12-8-4-5-9(10(13)7-8)11-3-1-2-6-14-11;2*1-2-6-10(7-3-1)11-8-4-5-9-12-11;1-2-4-7-5(3-1)6-8-10-11-9-6;;;;;/h6-11,13-15,17H,16H2,1-5H3;3*1-3,5-7H;1-4,6-7H;2*1-6,8-9H;1-4H;;;;;/q8*-1;;;;;. The molecule has 0 aliphatic heterocycles. The smallest absolute Gasteiger partial charge is 0.327 e. The van der Waals surface area contributed by atoms with Crippen LogP contribution in [-0.4, -0.2) is 59.8 Å². The quantitative estimate of drug-likeness (QED) is 0.0852. The molecule has 0 bridgehead atoms. The fourth-order valence-corrected chi connectivity index (χ4v) is 13.6. The number of aryl methyl sites for hydroxylation is 2. The number of nitrogens with zero attached hydrogens (tertiary/aromatic N) is 13. The van der Waals surface area contributed by atoms with Crippen molar-refractivity contribution in [2.75, 3.05) is 0 Å². The summed E-state index contributed by atoms with van der Waals surface area (Å²) >= 11 is 0. The number of fused-ring (bicyclic) bond motifs is 15. The maximum Gasteiger partial charge on any atom is 0.327 e. The first-order chi connectivity index (χ1) is 60.6. The van der Waals surface area contributed by atoms with Crippen LogP contribution in [0, 0.1) is 73.4 Å². The second-order valence-electron chi connectivity index (χ2n) is 28.9. The Hall–Kier alpha value is -13.2. The van der Waals surface area contributed by atoms with E-state index in [1.807, 2.05) is 109 Å². The molecule has 26 heteroatoms. The number of rotatable bonds is 6. The Morgan fingerprint density at radius 3 is 1.25 bits per heavy atom. The molecular formula is C103H71F2Ir5N13O6-8. The molecule has 0 N–H and O–H groups in total. The molecule has 0 amide bonds. The molecule has 9 aromatic carbocycles. The summed E-state index contributed by atoms with van der Waals surface area (Å²) < 4.78 is 43.6. The zero-order valence-electron chi connectivity index (χ0n) is 69.1. The molecule has 129 heavy (non-hydrogen) atoms. The van der Waals surface area contributed by atoms with E-state index in [4.69, 9.17) is 18.2 Å². The van der Waals surface area contributed by atoms with Crippen molar-refractivity contribution >= 4 is 92.9 Å². The Morgan fingerprint density at radius 2 is 0.822 bits per heavy atom. The normalized spacial score (nSPS) is 10.4. The summed E-state index contributed by atoms with van der Waals surface area (Å²) in [6.07, 6.45) is 14.8. The Balaban J connectivity index is 0.000000156. The molecule has 13 aromatic heterocycles. The molecule has 22 aromatic rings. The number of benzene rings is 9. The molecule has 13 heterocycles. The van der Waals surface area contributed by atoms with Crippen LogP contribution in [0.1, 0.15) is 37.5 Å². The average molecular weight is 2590 g/mol. The third kappa shape index (κ3) is 24.4. The Morgan fingerprint density at radius 1 is 0.395 bits per heavy atom. The van der Waals surface area contributed by atoms with E-state index in [1.165, 1.54) is 38.5 Å². The zero-order valence-corrected chi connectivity index (χ0v) is 81.0. The van der Waals surface area contributed by atoms with E-state index in [0.717, 1.165) is 74.0 Å². The summed E-state index contributed by atoms with van der Waals surface area (Å²) in [6, 6.07) is 107. The molecule has 5 radical (unpaired) electrons. The van der Waals surface area contributed by atoms with Crippen molar-refractivity contribution in [1.82, 2.24) is 64.9 Å². The van der Waals surface area contributed by atoms with Crippen LogP contribution < -0.4 is 22.0 Å². The number of imidazole rings is 1. The van der Waals surface area contributed by atoms with Gasteiger partial charge in [-0.3, -0.25) is 29.1 Å². The molecule has 0 aliphatic carbocycles. The van der Waals surface area contributed by atoms with E-state index in [-0.39, 0.29) is 128 Å². The summed E-state index contributed by atoms with van der Waals surface area (Å²) in [5.41, 5.74) is 16.5. The van der Waals surface area contributed by atoms with Crippen molar-refractivity contribution < 1.29 is 123 Å². The molecule has 0 atom stereocenters. The maximum atomic E-state index is 13.2. The Kier molecular flexibility index (Phi) is 35.7. The van der Waals surface area contributed by atoms with E-state index in [9.17, 15) is 23.2 Å². The second-order valence-corrected chi connectivity index (χ2v) is 28.9. The van der Waals surface area contributed by atoms with E-state index in [0.29, 0.717) is 66.7 Å². The summed E-state index contributed by atoms with van der Waals surface area (Å²) in [6.45, 7) is 11.2. The van der Waals surface area contributed by atoms with Crippen molar-refractivity contribution in [3.63, 3.8) is 0 Å². The Labute approximate surface area is 806 Å². The first-order valence-electron chi connectivity index (χ1n) is 39.1. The van der Waals surface area contributed by atoms with Gasteiger partial charge in [0.15, 0.2) is 0 Å². The maximum absolute atomic E-state index is 13.2. The topological polar surface area (TPSA) is 251 Å². The third-order valence-electron chi connectivity index (χ3n) is 19.1. The molecule has 0 saturated heterocycles. The van der Waals surface area contributed by atoms with Gasteiger partial charge in [-0.15, -0.1) is 186 Å². The van der Waals surface area contributed by atoms with Gasteiger partial charge in [0, 0.05) is 222 Å². The van der Waals surface area contributed by atoms with Gasteiger partial charge >= 0.3 is 16.9 Å². The molecule has 0 aliphatic rings. The predicted molar refractivity (Wildman–Crippen MR) is 479 cm³/mol. The van der Waals surface area contributed by atoms with Gasteiger partial charge in [-0.05, 0) is 119 Å². The van der Waals surface area contributed by atoms with Crippen molar-refractivity contribution in [1.29, 1.82) is 0 Å².